The maximum atomic E-state index is 13.2. The Kier molecular flexibility index (Phi) is 3.55. The lowest BCUT2D eigenvalue weighted by atomic mass is 10.3. The molecule has 0 aliphatic rings. The third-order valence-corrected chi connectivity index (χ3v) is 4.22. The minimum Gasteiger partial charge on any atom is -0.236 e. The van der Waals surface area contributed by atoms with Crippen LogP contribution >= 0.6 is 10.7 Å². The summed E-state index contributed by atoms with van der Waals surface area (Å²) in [5.74, 6) is -4.41. The molecule has 9 heteroatoms. The lowest BCUT2D eigenvalue weighted by Gasteiger charge is -2.06. The minimum atomic E-state index is -4.05. The lowest BCUT2D eigenvalue weighted by Crippen LogP contribution is -2.03. The van der Waals surface area contributed by atoms with Gasteiger partial charge in [0, 0.05) is 22.8 Å². The predicted octanol–water partition coefficient (Wildman–Crippen LogP) is 2.83. The van der Waals surface area contributed by atoms with Crippen molar-refractivity contribution in [3.8, 4) is 5.69 Å². The zero-order chi connectivity index (χ0) is 15.2. The number of nitrogens with zero attached hydrogens (tertiary/aromatic N) is 2. The van der Waals surface area contributed by atoms with Gasteiger partial charge in [0.1, 0.15) is 4.90 Å². The van der Waals surface area contributed by atoms with E-state index in [0.717, 1.165) is 4.68 Å². The zero-order valence-electron chi connectivity index (χ0n) is 10.3. The van der Waals surface area contributed by atoms with Gasteiger partial charge in [-0.1, -0.05) is 0 Å². The van der Waals surface area contributed by atoms with Gasteiger partial charge in [0.2, 0.25) is 0 Å². The number of hydrogen-bond donors (Lipinski definition) is 0. The summed E-state index contributed by atoms with van der Waals surface area (Å²) in [7, 11) is 1.22. The Hall–Kier alpha value is -1.54. The molecule has 0 atom stereocenters. The van der Waals surface area contributed by atoms with Crippen LogP contribution in [-0.4, -0.2) is 18.2 Å². The second kappa shape index (κ2) is 4.78. The smallest absolute Gasteiger partial charge is 0.236 e. The van der Waals surface area contributed by atoms with Crippen molar-refractivity contribution in [1.29, 1.82) is 0 Å². The van der Waals surface area contributed by atoms with Gasteiger partial charge >= 0.3 is 0 Å². The fourth-order valence-electron chi connectivity index (χ4n) is 1.90. The van der Waals surface area contributed by atoms with Gasteiger partial charge in [0.15, 0.2) is 17.5 Å². The monoisotopic (exact) mass is 324 g/mol. The Balaban J connectivity index is 2.73. The highest BCUT2D eigenvalue weighted by molar-refractivity contribution is 8.13. The Labute approximate surface area is 117 Å². The number of halogens is 4. The summed E-state index contributed by atoms with van der Waals surface area (Å²) in [6.07, 6.45) is 0. The molecule has 1 heterocycles. The average molecular weight is 325 g/mol. The van der Waals surface area contributed by atoms with Crippen LogP contribution < -0.4 is 0 Å². The van der Waals surface area contributed by atoms with Crippen LogP contribution in [-0.2, 0) is 9.05 Å². The summed E-state index contributed by atoms with van der Waals surface area (Å²) in [4.78, 5) is -0.246. The standard InChI is InChI=1S/C11H8ClF3N2O2S/c1-5-11(20(12,18)19)6(2)17(16-5)7-3-8(13)10(15)9(14)4-7/h3-4H,1-2H3. The largest absolute Gasteiger partial charge is 0.264 e. The molecule has 0 aliphatic heterocycles. The molecule has 2 aromatic rings. The first-order chi connectivity index (χ1) is 9.12. The summed E-state index contributed by atoms with van der Waals surface area (Å²) in [5.41, 5.74) is -0.000818. The topological polar surface area (TPSA) is 52.0 Å². The number of benzene rings is 1. The summed E-state index contributed by atoms with van der Waals surface area (Å²) in [6.45, 7) is 2.75. The van der Waals surface area contributed by atoms with E-state index in [-0.39, 0.29) is 22.0 Å². The maximum Gasteiger partial charge on any atom is 0.264 e. The Bertz CT molecular complexity index is 779. The van der Waals surface area contributed by atoms with Gasteiger partial charge in [-0.15, -0.1) is 0 Å². The molecular formula is C11H8ClF3N2O2S. The highest BCUT2D eigenvalue weighted by Crippen LogP contribution is 2.26. The van der Waals surface area contributed by atoms with Crippen LogP contribution in [0.1, 0.15) is 11.4 Å². The summed E-state index contributed by atoms with van der Waals surface area (Å²) >= 11 is 0. The van der Waals surface area contributed by atoms with Crippen LogP contribution in [0.2, 0.25) is 0 Å². The van der Waals surface area contributed by atoms with Crippen molar-refractivity contribution in [3.05, 3.63) is 41.0 Å². The molecule has 0 unspecified atom stereocenters. The van der Waals surface area contributed by atoms with E-state index in [1.54, 1.807) is 0 Å². The summed E-state index contributed by atoms with van der Waals surface area (Å²) in [6, 6.07) is 1.42. The van der Waals surface area contributed by atoms with E-state index in [2.05, 4.69) is 5.10 Å². The van der Waals surface area contributed by atoms with E-state index in [1.807, 2.05) is 0 Å². The summed E-state index contributed by atoms with van der Waals surface area (Å²) in [5, 5.41) is 3.86. The first-order valence-electron chi connectivity index (χ1n) is 5.28. The van der Waals surface area contributed by atoms with Gasteiger partial charge in [0.25, 0.3) is 9.05 Å². The number of hydrogen-bond acceptors (Lipinski definition) is 3. The molecule has 0 amide bonds. The third-order valence-electron chi connectivity index (χ3n) is 2.68. The van der Waals surface area contributed by atoms with Gasteiger partial charge < -0.3 is 0 Å². The number of aryl methyl sites for hydroxylation is 1. The van der Waals surface area contributed by atoms with E-state index in [4.69, 9.17) is 10.7 Å². The number of aromatic nitrogens is 2. The van der Waals surface area contributed by atoms with Crippen molar-refractivity contribution in [3.63, 3.8) is 0 Å². The normalized spacial score (nSPS) is 11.9. The average Bonchev–Trinajstić information content (AvgIpc) is 2.60. The third kappa shape index (κ3) is 2.40. The Morgan fingerprint density at radius 1 is 1.15 bits per heavy atom. The molecule has 108 valence electrons. The van der Waals surface area contributed by atoms with Crippen molar-refractivity contribution in [2.75, 3.05) is 0 Å². The molecule has 0 aliphatic carbocycles. The maximum absolute atomic E-state index is 13.2. The molecule has 0 N–H and O–H groups in total. The fourth-order valence-corrected chi connectivity index (χ4v) is 3.40. The zero-order valence-corrected chi connectivity index (χ0v) is 11.9. The van der Waals surface area contributed by atoms with Gasteiger partial charge in [-0.3, -0.25) is 0 Å². The van der Waals surface area contributed by atoms with E-state index in [1.165, 1.54) is 13.8 Å². The van der Waals surface area contributed by atoms with Gasteiger partial charge in [-0.2, -0.15) is 5.10 Å². The van der Waals surface area contributed by atoms with Crippen LogP contribution in [0, 0.1) is 31.3 Å². The van der Waals surface area contributed by atoms with Crippen molar-refractivity contribution < 1.29 is 21.6 Å². The molecule has 0 fully saturated rings. The molecule has 4 nitrogen and oxygen atoms in total. The van der Waals surface area contributed by atoms with Crippen molar-refractivity contribution in [1.82, 2.24) is 9.78 Å². The molecule has 0 spiro atoms. The van der Waals surface area contributed by atoms with E-state index < -0.39 is 26.5 Å². The van der Waals surface area contributed by atoms with Crippen molar-refractivity contribution in [2.24, 2.45) is 0 Å². The second-order valence-electron chi connectivity index (χ2n) is 4.07. The predicted molar refractivity (Wildman–Crippen MR) is 66.0 cm³/mol. The van der Waals surface area contributed by atoms with Crippen molar-refractivity contribution >= 4 is 19.7 Å². The van der Waals surface area contributed by atoms with Gasteiger partial charge in [-0.05, 0) is 13.8 Å². The van der Waals surface area contributed by atoms with Gasteiger partial charge in [0.05, 0.1) is 17.1 Å². The molecule has 0 bridgehead atoms. The summed E-state index contributed by atoms with van der Waals surface area (Å²) < 4.78 is 63.1. The molecule has 0 radical (unpaired) electrons. The van der Waals surface area contributed by atoms with E-state index >= 15 is 0 Å². The van der Waals surface area contributed by atoms with Crippen LogP contribution in [0.5, 0.6) is 0 Å². The molecule has 0 saturated heterocycles. The fraction of sp³-hybridized carbons (Fsp3) is 0.182. The molecule has 1 aromatic carbocycles. The Morgan fingerprint density at radius 2 is 1.65 bits per heavy atom. The van der Waals surface area contributed by atoms with Crippen LogP contribution in [0.3, 0.4) is 0 Å². The van der Waals surface area contributed by atoms with E-state index in [9.17, 15) is 21.6 Å². The molecule has 20 heavy (non-hydrogen) atoms. The highest BCUT2D eigenvalue weighted by atomic mass is 35.7. The first kappa shape index (κ1) is 14.9. The lowest BCUT2D eigenvalue weighted by molar-refractivity contribution is 0.446. The SMILES string of the molecule is Cc1nn(-c2cc(F)c(F)c(F)c2)c(C)c1S(=O)(=O)Cl. The quantitative estimate of drug-likeness (QED) is 0.630. The second-order valence-corrected chi connectivity index (χ2v) is 6.58. The minimum absolute atomic E-state index is 0.0719. The molecule has 2 rings (SSSR count). The molecule has 1 aromatic heterocycles. The van der Waals surface area contributed by atoms with Crippen LogP contribution in [0.4, 0.5) is 13.2 Å². The molecule has 0 saturated carbocycles. The van der Waals surface area contributed by atoms with Crippen LogP contribution in [0.25, 0.3) is 5.69 Å². The number of rotatable bonds is 2. The van der Waals surface area contributed by atoms with Gasteiger partial charge in [-0.25, -0.2) is 26.3 Å². The first-order valence-corrected chi connectivity index (χ1v) is 7.59. The van der Waals surface area contributed by atoms with Crippen LogP contribution in [0.15, 0.2) is 17.0 Å². The molecular weight excluding hydrogens is 317 g/mol. The van der Waals surface area contributed by atoms with E-state index in [0.29, 0.717) is 12.1 Å². The highest BCUT2D eigenvalue weighted by Gasteiger charge is 2.24. The van der Waals surface area contributed by atoms with Crippen molar-refractivity contribution in [2.45, 2.75) is 18.7 Å². The Morgan fingerprint density at radius 3 is 2.05 bits per heavy atom.